The van der Waals surface area contributed by atoms with E-state index in [-0.39, 0.29) is 5.41 Å². The third-order valence-electron chi connectivity index (χ3n) is 5.68. The molecule has 0 N–H and O–H groups in total. The van der Waals surface area contributed by atoms with Gasteiger partial charge in [0.1, 0.15) is 0 Å². The van der Waals surface area contributed by atoms with Gasteiger partial charge in [-0.25, -0.2) is 0 Å². The SMILES string of the molecule is C/C=C(\C)CN1CC[C@]2(CCCN(Cc3cccc(C)c3)C2=O)C1. The number of hydrogen-bond donors (Lipinski definition) is 0. The molecule has 0 bridgehead atoms. The van der Waals surface area contributed by atoms with Crippen molar-refractivity contribution in [1.82, 2.24) is 9.80 Å². The number of piperidine rings is 1. The standard InChI is InChI=1S/C21H30N2O/c1-4-17(2)14-22-12-10-21(16-22)9-6-11-23(20(21)24)15-19-8-5-7-18(3)13-19/h4-5,7-8,13H,6,9-12,14-16H2,1-3H3/b17-4+/t21-/m1/s1. The molecule has 3 nitrogen and oxygen atoms in total. The van der Waals surface area contributed by atoms with Crippen LogP contribution in [0.4, 0.5) is 0 Å². The Morgan fingerprint density at radius 2 is 2.12 bits per heavy atom. The van der Waals surface area contributed by atoms with Gasteiger partial charge in [-0.05, 0) is 52.1 Å². The predicted octanol–water partition coefficient (Wildman–Crippen LogP) is 3.78. The van der Waals surface area contributed by atoms with E-state index in [9.17, 15) is 4.79 Å². The van der Waals surface area contributed by atoms with Crippen molar-refractivity contribution in [2.75, 3.05) is 26.2 Å². The molecule has 0 aromatic heterocycles. The average Bonchev–Trinajstić information content (AvgIpc) is 2.96. The van der Waals surface area contributed by atoms with E-state index in [2.05, 4.69) is 60.9 Å². The van der Waals surface area contributed by atoms with Gasteiger partial charge < -0.3 is 4.90 Å². The number of nitrogens with zero attached hydrogens (tertiary/aromatic N) is 2. The minimum atomic E-state index is -0.129. The first kappa shape index (κ1) is 17.2. The molecule has 3 heteroatoms. The van der Waals surface area contributed by atoms with Crippen molar-refractivity contribution in [1.29, 1.82) is 0 Å². The first-order chi connectivity index (χ1) is 11.5. The molecule has 1 amide bonds. The van der Waals surface area contributed by atoms with Gasteiger partial charge in [-0.15, -0.1) is 0 Å². The molecule has 0 radical (unpaired) electrons. The first-order valence-electron chi connectivity index (χ1n) is 9.21. The number of likely N-dealkylation sites (tertiary alicyclic amines) is 2. The van der Waals surface area contributed by atoms with Gasteiger partial charge in [-0.3, -0.25) is 9.69 Å². The molecule has 0 aliphatic carbocycles. The van der Waals surface area contributed by atoms with Gasteiger partial charge in [-0.1, -0.05) is 41.5 Å². The molecular formula is C21H30N2O. The zero-order valence-electron chi connectivity index (χ0n) is 15.3. The van der Waals surface area contributed by atoms with Crippen molar-refractivity contribution in [3.8, 4) is 0 Å². The lowest BCUT2D eigenvalue weighted by molar-refractivity contribution is -0.146. The lowest BCUT2D eigenvalue weighted by atomic mass is 9.78. The lowest BCUT2D eigenvalue weighted by Gasteiger charge is -2.39. The summed E-state index contributed by atoms with van der Waals surface area (Å²) in [4.78, 5) is 17.8. The van der Waals surface area contributed by atoms with Crippen LogP contribution in [0.2, 0.25) is 0 Å². The van der Waals surface area contributed by atoms with E-state index in [0.29, 0.717) is 5.91 Å². The van der Waals surface area contributed by atoms with Gasteiger partial charge in [0.15, 0.2) is 0 Å². The minimum absolute atomic E-state index is 0.129. The Morgan fingerprint density at radius 1 is 1.29 bits per heavy atom. The minimum Gasteiger partial charge on any atom is -0.338 e. The molecular weight excluding hydrogens is 296 g/mol. The van der Waals surface area contributed by atoms with Gasteiger partial charge in [0.2, 0.25) is 5.91 Å². The Bertz CT molecular complexity index is 636. The van der Waals surface area contributed by atoms with Crippen molar-refractivity contribution in [3.63, 3.8) is 0 Å². The molecule has 1 spiro atoms. The van der Waals surface area contributed by atoms with Crippen molar-refractivity contribution in [2.45, 2.75) is 46.6 Å². The van der Waals surface area contributed by atoms with Crippen LogP contribution < -0.4 is 0 Å². The number of carbonyl (C=O) groups excluding carboxylic acids is 1. The lowest BCUT2D eigenvalue weighted by Crippen LogP contribution is -2.49. The monoisotopic (exact) mass is 326 g/mol. The zero-order valence-corrected chi connectivity index (χ0v) is 15.3. The molecule has 1 aromatic carbocycles. The summed E-state index contributed by atoms with van der Waals surface area (Å²) in [5, 5.41) is 0. The van der Waals surface area contributed by atoms with Crippen LogP contribution in [-0.2, 0) is 11.3 Å². The summed E-state index contributed by atoms with van der Waals surface area (Å²) < 4.78 is 0. The summed E-state index contributed by atoms with van der Waals surface area (Å²) >= 11 is 0. The third-order valence-corrected chi connectivity index (χ3v) is 5.68. The summed E-state index contributed by atoms with van der Waals surface area (Å²) in [5.74, 6) is 0.385. The number of rotatable bonds is 4. The molecule has 1 atom stereocenters. The number of benzene rings is 1. The fourth-order valence-electron chi connectivity index (χ4n) is 4.25. The second-order valence-corrected chi connectivity index (χ2v) is 7.70. The van der Waals surface area contributed by atoms with Crippen molar-refractivity contribution >= 4 is 5.91 Å². The van der Waals surface area contributed by atoms with E-state index in [0.717, 1.165) is 52.0 Å². The summed E-state index contributed by atoms with van der Waals surface area (Å²) in [5.41, 5.74) is 3.78. The van der Waals surface area contributed by atoms with Gasteiger partial charge in [0, 0.05) is 26.2 Å². The second kappa shape index (κ2) is 7.10. The Morgan fingerprint density at radius 3 is 2.88 bits per heavy atom. The van der Waals surface area contributed by atoms with E-state index in [4.69, 9.17) is 0 Å². The molecule has 130 valence electrons. The van der Waals surface area contributed by atoms with Gasteiger partial charge in [0.05, 0.1) is 5.41 Å². The molecule has 0 unspecified atom stereocenters. The maximum Gasteiger partial charge on any atom is 0.230 e. The van der Waals surface area contributed by atoms with Crippen LogP contribution in [0.3, 0.4) is 0 Å². The number of aryl methyl sites for hydroxylation is 1. The average molecular weight is 326 g/mol. The highest BCUT2D eigenvalue weighted by Crippen LogP contribution is 2.40. The van der Waals surface area contributed by atoms with Crippen LogP contribution in [0.1, 0.15) is 44.2 Å². The van der Waals surface area contributed by atoms with E-state index < -0.39 is 0 Å². The van der Waals surface area contributed by atoms with Crippen LogP contribution in [0, 0.1) is 12.3 Å². The van der Waals surface area contributed by atoms with E-state index in [1.54, 1.807) is 0 Å². The van der Waals surface area contributed by atoms with Crippen LogP contribution >= 0.6 is 0 Å². The van der Waals surface area contributed by atoms with Gasteiger partial charge >= 0.3 is 0 Å². The topological polar surface area (TPSA) is 23.6 Å². The largest absolute Gasteiger partial charge is 0.338 e. The normalized spacial score (nSPS) is 25.7. The Balaban J connectivity index is 1.69. The first-order valence-corrected chi connectivity index (χ1v) is 9.21. The maximum atomic E-state index is 13.2. The molecule has 0 saturated carbocycles. The van der Waals surface area contributed by atoms with Gasteiger partial charge in [0.25, 0.3) is 0 Å². The fourth-order valence-corrected chi connectivity index (χ4v) is 4.25. The summed E-state index contributed by atoms with van der Waals surface area (Å²) in [6.45, 7) is 11.0. The van der Waals surface area contributed by atoms with E-state index >= 15 is 0 Å². The van der Waals surface area contributed by atoms with Crippen LogP contribution in [0.25, 0.3) is 0 Å². The number of allylic oxidation sites excluding steroid dienone is 1. The molecule has 2 fully saturated rings. The van der Waals surface area contributed by atoms with Gasteiger partial charge in [-0.2, -0.15) is 0 Å². The highest BCUT2D eigenvalue weighted by Gasteiger charge is 2.48. The number of carbonyl (C=O) groups is 1. The third kappa shape index (κ3) is 3.56. The molecule has 1 aromatic rings. The van der Waals surface area contributed by atoms with Crippen molar-refractivity contribution in [3.05, 3.63) is 47.0 Å². The molecule has 2 aliphatic heterocycles. The summed E-state index contributed by atoms with van der Waals surface area (Å²) in [6, 6.07) is 8.54. The zero-order chi connectivity index (χ0) is 17.2. The van der Waals surface area contributed by atoms with Crippen LogP contribution in [0.5, 0.6) is 0 Å². The molecule has 2 heterocycles. The molecule has 3 rings (SSSR count). The summed E-state index contributed by atoms with van der Waals surface area (Å²) in [7, 11) is 0. The van der Waals surface area contributed by atoms with Crippen LogP contribution in [0.15, 0.2) is 35.9 Å². The molecule has 2 aliphatic rings. The molecule has 24 heavy (non-hydrogen) atoms. The Labute approximate surface area is 146 Å². The van der Waals surface area contributed by atoms with E-state index in [1.165, 1.54) is 16.7 Å². The molecule has 2 saturated heterocycles. The highest BCUT2D eigenvalue weighted by molar-refractivity contribution is 5.84. The van der Waals surface area contributed by atoms with Crippen molar-refractivity contribution < 1.29 is 4.79 Å². The number of amides is 1. The maximum absolute atomic E-state index is 13.2. The quantitative estimate of drug-likeness (QED) is 0.786. The predicted molar refractivity (Wildman–Crippen MR) is 98.8 cm³/mol. The smallest absolute Gasteiger partial charge is 0.230 e. The Kier molecular flexibility index (Phi) is 5.09. The summed E-state index contributed by atoms with van der Waals surface area (Å²) in [6.07, 6.45) is 5.39. The fraction of sp³-hybridized carbons (Fsp3) is 0.571. The van der Waals surface area contributed by atoms with E-state index in [1.807, 2.05) is 0 Å². The second-order valence-electron chi connectivity index (χ2n) is 7.70. The van der Waals surface area contributed by atoms with Crippen LogP contribution in [-0.4, -0.2) is 41.9 Å². The number of hydrogen-bond acceptors (Lipinski definition) is 2. The van der Waals surface area contributed by atoms with Crippen molar-refractivity contribution in [2.24, 2.45) is 5.41 Å². The Hall–Kier alpha value is -1.61. The highest BCUT2D eigenvalue weighted by atomic mass is 16.2.